The van der Waals surface area contributed by atoms with Crippen LogP contribution in [0.1, 0.15) is 0 Å². The van der Waals surface area contributed by atoms with Crippen LogP contribution in [0.15, 0.2) is 59.0 Å². The minimum Gasteiger partial charge on any atom is -0.455 e. The lowest BCUT2D eigenvalue weighted by Crippen LogP contribution is -1.74. The van der Waals surface area contributed by atoms with E-state index in [1.165, 1.54) is 21.5 Å². The summed E-state index contributed by atoms with van der Waals surface area (Å²) in [4.78, 5) is 0. The molecule has 1 aromatic heterocycles. The largest absolute Gasteiger partial charge is 0.455 e. The molecule has 0 N–H and O–H groups in total. The number of benzene rings is 3. The third-order valence-electron chi connectivity index (χ3n) is 3.34. The fraction of sp³-hybridized carbons (Fsp3) is 0. The first-order valence-electron chi connectivity index (χ1n) is 5.83. The van der Waals surface area contributed by atoms with E-state index in [2.05, 4.69) is 77.2 Å². The minimum atomic E-state index is 0.966. The Hall–Kier alpha value is -1.55. The summed E-state index contributed by atoms with van der Waals surface area (Å²) in [6.45, 7) is 0. The second kappa shape index (κ2) is 3.72. The van der Waals surface area contributed by atoms with Gasteiger partial charge in [0.25, 0.3) is 0 Å². The maximum atomic E-state index is 5.98. The molecule has 0 atom stereocenters. The molecule has 1 nitrogen and oxygen atoms in total. The Morgan fingerprint density at radius 2 is 1.61 bits per heavy atom. The molecule has 86 valence electrons. The maximum Gasteiger partial charge on any atom is 0.148 e. The average Bonchev–Trinajstić information content (AvgIpc) is 2.79. The Morgan fingerprint density at radius 1 is 0.778 bits per heavy atom. The maximum absolute atomic E-state index is 5.98. The third-order valence-corrected chi connectivity index (χ3v) is 4.19. The molecule has 0 amide bonds. The molecule has 0 unspecified atom stereocenters. The summed E-state index contributed by atoms with van der Waals surface area (Å²) in [6.07, 6.45) is 0. The molecule has 4 rings (SSSR count). The van der Waals surface area contributed by atoms with Crippen LogP contribution in [0.25, 0.3) is 32.7 Å². The van der Waals surface area contributed by atoms with E-state index in [1.54, 1.807) is 0 Å². The Labute approximate surface area is 118 Å². The van der Waals surface area contributed by atoms with Gasteiger partial charge in [-0.25, -0.2) is 0 Å². The van der Waals surface area contributed by atoms with E-state index in [-0.39, 0.29) is 0 Å². The van der Waals surface area contributed by atoms with Gasteiger partial charge in [-0.15, -0.1) is 0 Å². The molecule has 0 bridgehead atoms. The molecule has 0 saturated heterocycles. The van der Waals surface area contributed by atoms with E-state index in [9.17, 15) is 0 Å². The fourth-order valence-electron chi connectivity index (χ4n) is 2.53. The second-order valence-corrected chi connectivity index (χ2v) is 5.54. The van der Waals surface area contributed by atoms with E-state index >= 15 is 0 Å². The molecule has 0 radical (unpaired) electrons. The van der Waals surface area contributed by atoms with Gasteiger partial charge in [0.15, 0.2) is 0 Å². The highest BCUT2D eigenvalue weighted by Gasteiger charge is 2.11. The molecular weight excluding hydrogens is 335 g/mol. The molecule has 18 heavy (non-hydrogen) atoms. The highest BCUT2D eigenvalue weighted by atomic mass is 127. The van der Waals surface area contributed by atoms with Crippen LogP contribution in [0, 0.1) is 3.57 Å². The van der Waals surface area contributed by atoms with Gasteiger partial charge >= 0.3 is 0 Å². The van der Waals surface area contributed by atoms with Crippen LogP contribution in [0.4, 0.5) is 0 Å². The van der Waals surface area contributed by atoms with Crippen molar-refractivity contribution in [1.29, 1.82) is 0 Å². The third kappa shape index (κ3) is 1.32. The van der Waals surface area contributed by atoms with Gasteiger partial charge in [0.1, 0.15) is 11.2 Å². The lowest BCUT2D eigenvalue weighted by atomic mass is 10.0. The minimum absolute atomic E-state index is 0.966. The van der Waals surface area contributed by atoms with Gasteiger partial charge in [-0.3, -0.25) is 0 Å². The van der Waals surface area contributed by atoms with Crippen molar-refractivity contribution in [2.24, 2.45) is 0 Å². The van der Waals surface area contributed by atoms with Crippen molar-refractivity contribution in [3.8, 4) is 0 Å². The molecule has 0 fully saturated rings. The summed E-state index contributed by atoms with van der Waals surface area (Å²) in [5, 5.41) is 4.94. The van der Waals surface area contributed by atoms with E-state index in [4.69, 9.17) is 4.42 Å². The smallest absolute Gasteiger partial charge is 0.148 e. The summed E-state index contributed by atoms with van der Waals surface area (Å²) in [5.41, 5.74) is 1.96. The molecule has 0 aliphatic carbocycles. The van der Waals surface area contributed by atoms with Gasteiger partial charge < -0.3 is 4.42 Å². The van der Waals surface area contributed by atoms with Gasteiger partial charge in [-0.05, 0) is 45.5 Å². The van der Waals surface area contributed by atoms with Gasteiger partial charge in [0, 0.05) is 10.8 Å². The average molecular weight is 344 g/mol. The normalized spacial score (nSPS) is 11.6. The number of hydrogen-bond donors (Lipinski definition) is 0. The number of furan rings is 1. The number of fused-ring (bicyclic) bond motifs is 5. The Balaban J connectivity index is 2.37. The predicted molar refractivity (Wildman–Crippen MR) is 83.9 cm³/mol. The summed E-state index contributed by atoms with van der Waals surface area (Å²) < 4.78 is 7.14. The lowest BCUT2D eigenvalue weighted by Gasteiger charge is -1.98. The van der Waals surface area contributed by atoms with Crippen molar-refractivity contribution in [3.05, 3.63) is 58.2 Å². The van der Waals surface area contributed by atoms with Crippen molar-refractivity contribution in [1.82, 2.24) is 0 Å². The summed E-state index contributed by atoms with van der Waals surface area (Å²) in [6, 6.07) is 18.9. The van der Waals surface area contributed by atoms with Crippen molar-refractivity contribution in [3.63, 3.8) is 0 Å². The van der Waals surface area contributed by atoms with Crippen LogP contribution in [0.3, 0.4) is 0 Å². The quantitative estimate of drug-likeness (QED) is 0.392. The van der Waals surface area contributed by atoms with E-state index < -0.39 is 0 Å². The molecule has 0 spiro atoms. The Morgan fingerprint density at radius 3 is 2.56 bits per heavy atom. The molecule has 4 aromatic rings. The predicted octanol–water partition coefficient (Wildman–Crippen LogP) is 5.34. The van der Waals surface area contributed by atoms with Gasteiger partial charge in [0.2, 0.25) is 0 Å². The molecule has 0 aliphatic rings. The van der Waals surface area contributed by atoms with Crippen LogP contribution < -0.4 is 0 Å². The highest BCUT2D eigenvalue weighted by molar-refractivity contribution is 14.1. The van der Waals surface area contributed by atoms with Crippen LogP contribution in [-0.4, -0.2) is 0 Å². The zero-order chi connectivity index (χ0) is 12.1. The first-order chi connectivity index (χ1) is 8.84. The SMILES string of the molecule is Ic1cccc2c1oc1ccc3ccccc3c12. The number of hydrogen-bond acceptors (Lipinski definition) is 1. The van der Waals surface area contributed by atoms with E-state index in [0.717, 1.165) is 14.7 Å². The fourth-order valence-corrected chi connectivity index (χ4v) is 3.14. The topological polar surface area (TPSA) is 13.1 Å². The van der Waals surface area contributed by atoms with Gasteiger partial charge in [-0.2, -0.15) is 0 Å². The first kappa shape index (κ1) is 10.4. The summed E-state index contributed by atoms with van der Waals surface area (Å²) in [5.74, 6) is 0. The van der Waals surface area contributed by atoms with Crippen LogP contribution >= 0.6 is 22.6 Å². The monoisotopic (exact) mass is 344 g/mol. The summed E-state index contributed by atoms with van der Waals surface area (Å²) in [7, 11) is 0. The van der Waals surface area contributed by atoms with Crippen molar-refractivity contribution >= 4 is 55.3 Å². The van der Waals surface area contributed by atoms with Crippen LogP contribution in [0.2, 0.25) is 0 Å². The molecule has 1 heterocycles. The van der Waals surface area contributed by atoms with Crippen molar-refractivity contribution in [2.45, 2.75) is 0 Å². The van der Waals surface area contributed by atoms with E-state index in [0.29, 0.717) is 0 Å². The molecule has 3 aromatic carbocycles. The molecule has 0 saturated carbocycles. The van der Waals surface area contributed by atoms with Crippen molar-refractivity contribution < 1.29 is 4.42 Å². The molecular formula is C16H9IO. The van der Waals surface area contributed by atoms with Gasteiger partial charge in [0.05, 0.1) is 3.57 Å². The Kier molecular flexibility index (Phi) is 2.14. The van der Waals surface area contributed by atoms with E-state index in [1.807, 2.05) is 0 Å². The highest BCUT2D eigenvalue weighted by Crippen LogP contribution is 2.36. The standard InChI is InChI=1S/C16H9IO/c17-13-7-3-6-12-15-11-5-2-1-4-10(11)8-9-14(15)18-16(12)13/h1-9H. The lowest BCUT2D eigenvalue weighted by molar-refractivity contribution is 0.667. The molecule has 2 heteroatoms. The zero-order valence-electron chi connectivity index (χ0n) is 9.48. The number of para-hydroxylation sites is 1. The first-order valence-corrected chi connectivity index (χ1v) is 6.91. The second-order valence-electron chi connectivity index (χ2n) is 4.38. The Bertz CT molecular complexity index is 889. The van der Waals surface area contributed by atoms with Crippen LogP contribution in [0.5, 0.6) is 0 Å². The summed E-state index contributed by atoms with van der Waals surface area (Å²) >= 11 is 2.32. The number of halogens is 1. The zero-order valence-corrected chi connectivity index (χ0v) is 11.6. The molecule has 0 aliphatic heterocycles. The van der Waals surface area contributed by atoms with Crippen molar-refractivity contribution in [2.75, 3.05) is 0 Å². The van der Waals surface area contributed by atoms with Gasteiger partial charge in [-0.1, -0.05) is 42.5 Å². The van der Waals surface area contributed by atoms with Crippen LogP contribution in [-0.2, 0) is 0 Å². The number of rotatable bonds is 0.